The Morgan fingerprint density at radius 2 is 1.91 bits per heavy atom. The fraction of sp³-hybridized carbons (Fsp3) is 0.300. The molecule has 2 N–H and O–H groups in total. The van der Waals surface area contributed by atoms with Crippen LogP contribution in [0.3, 0.4) is 0 Å². The maximum absolute atomic E-state index is 5.64. The minimum Gasteiger partial charge on any atom is -0.496 e. The Kier molecular flexibility index (Phi) is 4.68. The Balaban J connectivity index is 2.16. The van der Waals surface area contributed by atoms with Gasteiger partial charge in [-0.3, -0.25) is 0 Å². The summed E-state index contributed by atoms with van der Waals surface area (Å²) in [6, 6.07) is 14.9. The molecule has 0 fully saturated rings. The average molecular weight is 308 g/mol. The van der Waals surface area contributed by atoms with E-state index in [1.807, 2.05) is 7.05 Å². The molecule has 120 valence electrons. The first-order valence-electron chi connectivity index (χ1n) is 8.10. The number of aryl methyl sites for hydroxylation is 1. The molecule has 0 aliphatic carbocycles. The molecule has 0 saturated heterocycles. The van der Waals surface area contributed by atoms with Crippen molar-refractivity contribution in [2.24, 2.45) is 0 Å². The Labute approximate surface area is 137 Å². The highest BCUT2D eigenvalue weighted by Gasteiger charge is 2.20. The van der Waals surface area contributed by atoms with Gasteiger partial charge in [-0.25, -0.2) is 0 Å². The van der Waals surface area contributed by atoms with E-state index in [1.165, 1.54) is 27.6 Å². The molecule has 2 aromatic carbocycles. The SMILES string of the molecule is CNCCC(c1ccccc1)c1c[nH]c2c(C)ccc(OC)c12. The Hall–Kier alpha value is -2.26. The molecule has 1 unspecified atom stereocenters. The van der Waals surface area contributed by atoms with Gasteiger partial charge in [-0.2, -0.15) is 0 Å². The number of methoxy groups -OCH3 is 1. The van der Waals surface area contributed by atoms with Crippen molar-refractivity contribution in [2.45, 2.75) is 19.3 Å². The van der Waals surface area contributed by atoms with E-state index >= 15 is 0 Å². The quantitative estimate of drug-likeness (QED) is 0.715. The first-order chi connectivity index (χ1) is 11.3. The van der Waals surface area contributed by atoms with Gasteiger partial charge in [0.05, 0.1) is 12.6 Å². The maximum Gasteiger partial charge on any atom is 0.128 e. The molecule has 1 aromatic heterocycles. The summed E-state index contributed by atoms with van der Waals surface area (Å²) in [5.41, 5.74) is 5.06. The summed E-state index contributed by atoms with van der Waals surface area (Å²) in [6.07, 6.45) is 3.19. The molecule has 0 spiro atoms. The first-order valence-corrected chi connectivity index (χ1v) is 8.10. The molecule has 0 saturated carbocycles. The highest BCUT2D eigenvalue weighted by atomic mass is 16.5. The molecule has 3 aromatic rings. The number of aromatic amines is 1. The van der Waals surface area contributed by atoms with Gasteiger partial charge in [-0.1, -0.05) is 36.4 Å². The molecule has 1 atom stereocenters. The number of hydrogen-bond acceptors (Lipinski definition) is 2. The highest BCUT2D eigenvalue weighted by Crippen LogP contribution is 2.38. The zero-order chi connectivity index (χ0) is 16.2. The Morgan fingerprint density at radius 3 is 2.61 bits per heavy atom. The van der Waals surface area contributed by atoms with Crippen LogP contribution in [0, 0.1) is 6.92 Å². The molecular weight excluding hydrogens is 284 g/mol. The van der Waals surface area contributed by atoms with E-state index in [0.717, 1.165) is 18.7 Å². The number of aromatic nitrogens is 1. The number of rotatable bonds is 6. The van der Waals surface area contributed by atoms with Crippen molar-refractivity contribution in [3.8, 4) is 5.75 Å². The van der Waals surface area contributed by atoms with E-state index in [2.05, 4.69) is 65.9 Å². The van der Waals surface area contributed by atoms with Gasteiger partial charge < -0.3 is 15.0 Å². The van der Waals surface area contributed by atoms with E-state index < -0.39 is 0 Å². The number of hydrogen-bond donors (Lipinski definition) is 2. The molecule has 3 nitrogen and oxygen atoms in total. The monoisotopic (exact) mass is 308 g/mol. The van der Waals surface area contributed by atoms with Crippen molar-refractivity contribution in [1.82, 2.24) is 10.3 Å². The summed E-state index contributed by atoms with van der Waals surface area (Å²) in [5.74, 6) is 1.28. The van der Waals surface area contributed by atoms with Crippen molar-refractivity contribution in [3.63, 3.8) is 0 Å². The fourth-order valence-electron chi connectivity index (χ4n) is 3.30. The third kappa shape index (κ3) is 2.97. The van der Waals surface area contributed by atoms with Crippen molar-refractivity contribution in [3.05, 3.63) is 65.4 Å². The lowest BCUT2D eigenvalue weighted by atomic mass is 9.88. The minimum atomic E-state index is 0.341. The summed E-state index contributed by atoms with van der Waals surface area (Å²) >= 11 is 0. The Morgan fingerprint density at radius 1 is 1.13 bits per heavy atom. The van der Waals surface area contributed by atoms with Gasteiger partial charge in [-0.05, 0) is 49.7 Å². The summed E-state index contributed by atoms with van der Waals surface area (Å²) in [5, 5.41) is 4.48. The van der Waals surface area contributed by atoms with Gasteiger partial charge in [0.2, 0.25) is 0 Å². The Bertz CT molecular complexity index is 777. The normalized spacial score (nSPS) is 12.5. The van der Waals surface area contributed by atoms with Crippen LogP contribution in [0.5, 0.6) is 5.75 Å². The summed E-state index contributed by atoms with van der Waals surface area (Å²) in [4.78, 5) is 3.46. The van der Waals surface area contributed by atoms with Gasteiger partial charge in [0.25, 0.3) is 0 Å². The van der Waals surface area contributed by atoms with Crippen molar-refractivity contribution >= 4 is 10.9 Å². The zero-order valence-electron chi connectivity index (χ0n) is 14.0. The van der Waals surface area contributed by atoms with E-state index in [-0.39, 0.29) is 0 Å². The zero-order valence-corrected chi connectivity index (χ0v) is 14.0. The molecule has 1 heterocycles. The second-order valence-electron chi connectivity index (χ2n) is 5.93. The molecule has 0 aliphatic rings. The number of nitrogens with one attached hydrogen (secondary N) is 2. The number of H-pyrrole nitrogens is 1. The summed E-state index contributed by atoms with van der Waals surface area (Å²) in [6.45, 7) is 3.10. The topological polar surface area (TPSA) is 37.0 Å². The fourth-order valence-corrected chi connectivity index (χ4v) is 3.30. The van der Waals surface area contributed by atoms with Crippen molar-refractivity contribution < 1.29 is 4.74 Å². The number of ether oxygens (including phenoxy) is 1. The first kappa shape index (κ1) is 15.6. The second-order valence-corrected chi connectivity index (χ2v) is 5.93. The van der Waals surface area contributed by atoms with E-state index in [9.17, 15) is 0 Å². The van der Waals surface area contributed by atoms with Crippen LogP contribution < -0.4 is 10.1 Å². The lowest BCUT2D eigenvalue weighted by Gasteiger charge is -2.18. The van der Waals surface area contributed by atoms with Crippen LogP contribution in [-0.2, 0) is 0 Å². The standard InChI is InChI=1S/C20H24N2O/c1-14-9-10-18(23-3)19-17(13-22-20(14)19)16(11-12-21-2)15-7-5-4-6-8-15/h4-10,13,16,21-22H,11-12H2,1-3H3. The van der Waals surface area contributed by atoms with E-state index in [0.29, 0.717) is 5.92 Å². The number of fused-ring (bicyclic) bond motifs is 1. The predicted molar refractivity (Wildman–Crippen MR) is 96.4 cm³/mol. The number of benzene rings is 2. The molecule has 3 rings (SSSR count). The van der Waals surface area contributed by atoms with Crippen LogP contribution in [0.25, 0.3) is 10.9 Å². The van der Waals surface area contributed by atoms with Crippen LogP contribution in [0.2, 0.25) is 0 Å². The minimum absolute atomic E-state index is 0.341. The molecule has 0 bridgehead atoms. The lowest BCUT2D eigenvalue weighted by Crippen LogP contribution is -2.13. The second kappa shape index (κ2) is 6.88. The summed E-state index contributed by atoms with van der Waals surface area (Å²) < 4.78 is 5.64. The van der Waals surface area contributed by atoms with E-state index in [4.69, 9.17) is 4.74 Å². The van der Waals surface area contributed by atoms with E-state index in [1.54, 1.807) is 7.11 Å². The van der Waals surface area contributed by atoms with Gasteiger partial charge in [0.15, 0.2) is 0 Å². The third-order valence-corrected chi connectivity index (χ3v) is 4.52. The molecule has 3 heteroatoms. The van der Waals surface area contributed by atoms with Gasteiger partial charge >= 0.3 is 0 Å². The highest BCUT2D eigenvalue weighted by molar-refractivity contribution is 5.92. The molecule has 0 aliphatic heterocycles. The molecule has 23 heavy (non-hydrogen) atoms. The van der Waals surface area contributed by atoms with Crippen LogP contribution in [0.1, 0.15) is 29.0 Å². The predicted octanol–water partition coefficient (Wildman–Crippen LogP) is 4.23. The van der Waals surface area contributed by atoms with Crippen molar-refractivity contribution in [2.75, 3.05) is 20.7 Å². The van der Waals surface area contributed by atoms with Gasteiger partial charge in [0, 0.05) is 17.5 Å². The van der Waals surface area contributed by atoms with Gasteiger partial charge in [0.1, 0.15) is 5.75 Å². The van der Waals surface area contributed by atoms with Gasteiger partial charge in [-0.15, -0.1) is 0 Å². The largest absolute Gasteiger partial charge is 0.496 e. The van der Waals surface area contributed by atoms with Crippen LogP contribution >= 0.6 is 0 Å². The van der Waals surface area contributed by atoms with Crippen molar-refractivity contribution in [1.29, 1.82) is 0 Å². The summed E-state index contributed by atoms with van der Waals surface area (Å²) in [7, 11) is 3.74. The van der Waals surface area contributed by atoms with Crippen LogP contribution in [-0.4, -0.2) is 25.7 Å². The molecule has 0 radical (unpaired) electrons. The molecular formula is C20H24N2O. The lowest BCUT2D eigenvalue weighted by molar-refractivity contribution is 0.419. The third-order valence-electron chi connectivity index (χ3n) is 4.52. The van der Waals surface area contributed by atoms with Crippen LogP contribution in [0.15, 0.2) is 48.7 Å². The average Bonchev–Trinajstić information content (AvgIpc) is 3.03. The maximum atomic E-state index is 5.64. The smallest absolute Gasteiger partial charge is 0.128 e. The molecule has 0 amide bonds. The van der Waals surface area contributed by atoms with Crippen LogP contribution in [0.4, 0.5) is 0 Å².